The van der Waals surface area contributed by atoms with E-state index in [2.05, 4.69) is 4.84 Å². The van der Waals surface area contributed by atoms with Crippen LogP contribution in [0.25, 0.3) is 0 Å². The van der Waals surface area contributed by atoms with Crippen molar-refractivity contribution in [2.24, 2.45) is 0 Å². The summed E-state index contributed by atoms with van der Waals surface area (Å²) in [4.78, 5) is 14.4. The first-order valence-corrected chi connectivity index (χ1v) is 5.35. The third-order valence-corrected chi connectivity index (χ3v) is 3.56. The van der Waals surface area contributed by atoms with Crippen molar-refractivity contribution in [3.05, 3.63) is 10.1 Å². The third-order valence-electron chi connectivity index (χ3n) is 1.91. The van der Waals surface area contributed by atoms with E-state index < -0.39 is 5.09 Å². The molecule has 1 saturated carbocycles. The van der Waals surface area contributed by atoms with E-state index in [1.54, 1.807) is 22.5 Å². The van der Waals surface area contributed by atoms with Gasteiger partial charge in [0.05, 0.1) is 0 Å². The molecule has 61 valence electrons. The van der Waals surface area contributed by atoms with Crippen molar-refractivity contribution < 1.29 is 9.92 Å². The summed E-state index contributed by atoms with van der Waals surface area (Å²) in [5.41, 5.74) is 0. The first-order chi connectivity index (χ1) is 5.18. The molecule has 0 saturated heterocycles. The molecule has 5 heteroatoms. The zero-order chi connectivity index (χ0) is 8.27. The molecule has 1 aliphatic carbocycles. The summed E-state index contributed by atoms with van der Waals surface area (Å²) in [5, 5.41) is 9.27. The van der Waals surface area contributed by atoms with Crippen molar-refractivity contribution in [3.63, 3.8) is 0 Å². The molecule has 4 nitrogen and oxygen atoms in total. The van der Waals surface area contributed by atoms with E-state index in [1.807, 2.05) is 0 Å². The third kappa shape index (κ3) is 3.26. The van der Waals surface area contributed by atoms with Gasteiger partial charge in [0.25, 0.3) is 0 Å². The molecule has 1 aliphatic rings. The van der Waals surface area contributed by atoms with E-state index in [9.17, 15) is 10.1 Å². The molecule has 1 rings (SSSR count). The molecule has 0 aromatic heterocycles. The van der Waals surface area contributed by atoms with E-state index in [1.165, 1.54) is 0 Å². The molecule has 0 heterocycles. The molecule has 0 aliphatic heterocycles. The van der Waals surface area contributed by atoms with Crippen LogP contribution >= 0.6 is 0 Å². The van der Waals surface area contributed by atoms with Crippen LogP contribution in [0.3, 0.4) is 0 Å². The van der Waals surface area contributed by atoms with Gasteiger partial charge in [0, 0.05) is 0 Å². The Balaban J connectivity index is 2.22. The molecule has 0 amide bonds. The monoisotopic (exact) mass is 264 g/mol. The fourth-order valence-corrected chi connectivity index (χ4v) is 2.24. The van der Waals surface area contributed by atoms with Gasteiger partial charge in [-0.1, -0.05) is 0 Å². The summed E-state index contributed by atoms with van der Waals surface area (Å²) in [7, 11) is 0. The van der Waals surface area contributed by atoms with E-state index in [4.69, 9.17) is 0 Å². The average molecular weight is 263 g/mol. The minimum absolute atomic E-state index is 0.123. The maximum atomic E-state index is 9.94. The van der Waals surface area contributed by atoms with Crippen LogP contribution in [-0.4, -0.2) is 33.7 Å². The van der Waals surface area contributed by atoms with Gasteiger partial charge in [-0.15, -0.1) is 0 Å². The fourth-order valence-electron chi connectivity index (χ4n) is 1.29. The van der Waals surface area contributed by atoms with Gasteiger partial charge >= 0.3 is 78.3 Å². The Kier molecular flexibility index (Phi) is 3.41. The van der Waals surface area contributed by atoms with Crippen molar-refractivity contribution in [2.45, 2.75) is 35.7 Å². The van der Waals surface area contributed by atoms with E-state index in [-0.39, 0.29) is 6.10 Å². The summed E-state index contributed by atoms with van der Waals surface area (Å²) < 4.78 is 0.800. The molecule has 1 fully saturated rings. The minimum atomic E-state index is -0.673. The molecule has 11 heavy (non-hydrogen) atoms. The molecule has 0 unspecified atom stereocenters. The van der Waals surface area contributed by atoms with E-state index in [0.29, 0.717) is 0 Å². The van der Waals surface area contributed by atoms with Gasteiger partial charge in [0.15, 0.2) is 0 Å². The van der Waals surface area contributed by atoms with Crippen LogP contribution < -0.4 is 0 Å². The fraction of sp³-hybridized carbons (Fsp3) is 1.00. The number of nitrogens with zero attached hydrogens (tertiary/aromatic N) is 1. The van der Waals surface area contributed by atoms with Gasteiger partial charge in [0.1, 0.15) is 0 Å². The maximum absolute atomic E-state index is 9.94. The van der Waals surface area contributed by atoms with Crippen LogP contribution in [0.4, 0.5) is 0 Å². The Labute approximate surface area is 78.5 Å². The van der Waals surface area contributed by atoms with Gasteiger partial charge in [-0.2, -0.15) is 0 Å². The number of hydrogen-bond acceptors (Lipinski definition) is 3. The normalized spacial score (nSPS) is 31.4. The first-order valence-electron chi connectivity index (χ1n) is 3.71. The summed E-state index contributed by atoms with van der Waals surface area (Å²) in [5.74, 6) is 0. The van der Waals surface area contributed by atoms with Gasteiger partial charge in [-0.05, 0) is 0 Å². The molecule has 0 N–H and O–H groups in total. The van der Waals surface area contributed by atoms with Crippen LogP contribution in [0.15, 0.2) is 0 Å². The van der Waals surface area contributed by atoms with Gasteiger partial charge in [-0.25, -0.2) is 0 Å². The van der Waals surface area contributed by atoms with Crippen LogP contribution in [0.2, 0.25) is 3.93 Å². The second-order valence-corrected chi connectivity index (χ2v) is 5.13. The van der Waals surface area contributed by atoms with Crippen molar-refractivity contribution >= 4 is 22.5 Å². The first kappa shape index (κ1) is 9.09. The zero-order valence-corrected chi connectivity index (χ0v) is 9.01. The quantitative estimate of drug-likeness (QED) is 0.425. The Morgan fingerprint density at radius 1 is 1.36 bits per heavy atom. The summed E-state index contributed by atoms with van der Waals surface area (Å²) in [6.07, 6.45) is 3.78. The molecular formula is C6H10NO3Sn. The molecule has 0 atom stereocenters. The molecule has 0 aromatic rings. The van der Waals surface area contributed by atoms with Gasteiger partial charge < -0.3 is 0 Å². The second-order valence-electron chi connectivity index (χ2n) is 2.80. The average Bonchev–Trinajstić information content (AvgIpc) is 1.93. The van der Waals surface area contributed by atoms with E-state index in [0.717, 1.165) is 29.6 Å². The predicted octanol–water partition coefficient (Wildman–Crippen LogP) is 1.09. The van der Waals surface area contributed by atoms with Crippen molar-refractivity contribution in [1.82, 2.24) is 0 Å². The second kappa shape index (κ2) is 4.13. The zero-order valence-electron chi connectivity index (χ0n) is 6.16. The van der Waals surface area contributed by atoms with Crippen LogP contribution in [0, 0.1) is 10.1 Å². The summed E-state index contributed by atoms with van der Waals surface area (Å²) >= 11 is 1.55. The Morgan fingerprint density at radius 2 is 1.91 bits per heavy atom. The van der Waals surface area contributed by atoms with Crippen molar-refractivity contribution in [1.29, 1.82) is 0 Å². The van der Waals surface area contributed by atoms with Crippen LogP contribution in [-0.2, 0) is 4.84 Å². The Morgan fingerprint density at radius 3 is 2.36 bits per heavy atom. The molecule has 0 bridgehead atoms. The number of hydrogen-bond donors (Lipinski definition) is 0. The molecule has 0 spiro atoms. The molecular weight excluding hydrogens is 253 g/mol. The van der Waals surface area contributed by atoms with E-state index >= 15 is 0 Å². The molecule has 0 aromatic carbocycles. The predicted molar refractivity (Wildman–Crippen MR) is 39.8 cm³/mol. The van der Waals surface area contributed by atoms with Crippen molar-refractivity contribution in [3.8, 4) is 0 Å². The van der Waals surface area contributed by atoms with Crippen LogP contribution in [0.5, 0.6) is 0 Å². The molecule has 3 radical (unpaired) electrons. The Hall–Kier alpha value is -0.00130. The summed E-state index contributed by atoms with van der Waals surface area (Å²) in [6.45, 7) is 0. The standard InChI is InChI=1S/C6H10NO3.Sn/c8-7(9)10-6-4-2-1-3-5-6;/h1,6H,2-5H2;. The SMILES string of the molecule is O=[N+]([O-])OC1CC[CH]([Sn])CC1. The van der Waals surface area contributed by atoms with Gasteiger partial charge in [0.2, 0.25) is 0 Å². The topological polar surface area (TPSA) is 52.4 Å². The van der Waals surface area contributed by atoms with Crippen LogP contribution in [0.1, 0.15) is 25.7 Å². The summed E-state index contributed by atoms with van der Waals surface area (Å²) in [6, 6.07) is 0. The van der Waals surface area contributed by atoms with Crippen molar-refractivity contribution in [2.75, 3.05) is 0 Å². The Bertz CT molecular complexity index is 145. The van der Waals surface area contributed by atoms with Gasteiger partial charge in [-0.3, -0.25) is 0 Å². The number of rotatable bonds is 2.